The zero-order valence-corrected chi connectivity index (χ0v) is 10.2. The van der Waals surface area contributed by atoms with Gasteiger partial charge < -0.3 is 9.84 Å². The number of benzene rings is 1. The molecule has 0 unspecified atom stereocenters. The largest absolute Gasteiger partial charge is 0.478 e. The minimum atomic E-state index is -1.13. The average Bonchev–Trinajstić information content (AvgIpc) is 2.25. The molecular formula is C13H16O4. The van der Waals surface area contributed by atoms with E-state index in [-0.39, 0.29) is 23.1 Å². The van der Waals surface area contributed by atoms with E-state index in [0.717, 1.165) is 0 Å². The molecule has 4 nitrogen and oxygen atoms in total. The first-order valence-electron chi connectivity index (χ1n) is 5.31. The minimum absolute atomic E-state index is 0.0357. The van der Waals surface area contributed by atoms with Gasteiger partial charge in [-0.25, -0.2) is 9.59 Å². The van der Waals surface area contributed by atoms with Crippen LogP contribution in [0.25, 0.3) is 0 Å². The fraction of sp³-hybridized carbons (Fsp3) is 0.385. The van der Waals surface area contributed by atoms with Crippen molar-refractivity contribution < 1.29 is 19.4 Å². The van der Waals surface area contributed by atoms with Crippen molar-refractivity contribution in [3.05, 3.63) is 35.4 Å². The number of aromatic carboxylic acids is 1. The van der Waals surface area contributed by atoms with Gasteiger partial charge in [0.15, 0.2) is 0 Å². The number of ether oxygens (including phenoxy) is 1. The van der Waals surface area contributed by atoms with Gasteiger partial charge in [-0.05, 0) is 17.5 Å². The molecule has 0 bridgehead atoms. The van der Waals surface area contributed by atoms with Crippen molar-refractivity contribution in [3.63, 3.8) is 0 Å². The van der Waals surface area contributed by atoms with E-state index in [0.29, 0.717) is 0 Å². The lowest BCUT2D eigenvalue weighted by Crippen LogP contribution is -2.19. The van der Waals surface area contributed by atoms with E-state index in [1.54, 1.807) is 12.1 Å². The summed E-state index contributed by atoms with van der Waals surface area (Å²) in [6, 6.07) is 6.02. The molecule has 92 valence electrons. The first kappa shape index (κ1) is 13.2. The smallest absolute Gasteiger partial charge is 0.339 e. The van der Waals surface area contributed by atoms with E-state index in [1.165, 1.54) is 12.1 Å². The van der Waals surface area contributed by atoms with Crippen LogP contribution in [0.4, 0.5) is 0 Å². The van der Waals surface area contributed by atoms with Crippen molar-refractivity contribution in [2.75, 3.05) is 6.61 Å². The van der Waals surface area contributed by atoms with Gasteiger partial charge in [-0.15, -0.1) is 0 Å². The van der Waals surface area contributed by atoms with E-state index in [1.807, 2.05) is 20.8 Å². The van der Waals surface area contributed by atoms with Gasteiger partial charge in [0.2, 0.25) is 0 Å². The number of hydrogen-bond donors (Lipinski definition) is 1. The third kappa shape index (κ3) is 3.90. The molecule has 0 amide bonds. The predicted octanol–water partition coefficient (Wildman–Crippen LogP) is 2.59. The number of carbonyl (C=O) groups excluding carboxylic acids is 1. The molecule has 1 aromatic carbocycles. The van der Waals surface area contributed by atoms with Gasteiger partial charge in [-0.3, -0.25) is 0 Å². The van der Waals surface area contributed by atoms with Gasteiger partial charge in [0.25, 0.3) is 0 Å². The van der Waals surface area contributed by atoms with Crippen LogP contribution in [-0.2, 0) is 4.74 Å². The molecule has 0 heterocycles. The second-order valence-corrected chi connectivity index (χ2v) is 4.99. The van der Waals surface area contributed by atoms with Crippen LogP contribution in [-0.4, -0.2) is 23.7 Å². The van der Waals surface area contributed by atoms with E-state index < -0.39 is 11.9 Å². The van der Waals surface area contributed by atoms with Crippen molar-refractivity contribution in [1.29, 1.82) is 0 Å². The molecule has 4 heteroatoms. The molecule has 1 aromatic rings. The Hall–Kier alpha value is -1.84. The van der Waals surface area contributed by atoms with Crippen molar-refractivity contribution in [2.45, 2.75) is 20.8 Å². The highest BCUT2D eigenvalue weighted by atomic mass is 16.5. The summed E-state index contributed by atoms with van der Waals surface area (Å²) >= 11 is 0. The van der Waals surface area contributed by atoms with Gasteiger partial charge in [-0.2, -0.15) is 0 Å². The van der Waals surface area contributed by atoms with E-state index in [2.05, 4.69) is 0 Å². The molecule has 0 fully saturated rings. The Labute approximate surface area is 100 Å². The number of carbonyl (C=O) groups is 2. The fourth-order valence-electron chi connectivity index (χ4n) is 1.21. The van der Waals surface area contributed by atoms with E-state index >= 15 is 0 Å². The lowest BCUT2D eigenvalue weighted by molar-refractivity contribution is 0.0361. The van der Waals surface area contributed by atoms with Crippen LogP contribution < -0.4 is 0 Å². The molecule has 0 radical (unpaired) electrons. The number of carboxylic acids is 1. The topological polar surface area (TPSA) is 63.6 Å². The Bertz CT molecular complexity index is 429. The van der Waals surface area contributed by atoms with Gasteiger partial charge in [-0.1, -0.05) is 32.9 Å². The maximum Gasteiger partial charge on any atom is 0.339 e. The highest BCUT2D eigenvalue weighted by Crippen LogP contribution is 2.16. The van der Waals surface area contributed by atoms with Crippen LogP contribution in [0.2, 0.25) is 0 Å². The number of rotatable bonds is 3. The number of esters is 1. The summed E-state index contributed by atoms with van der Waals surface area (Å²) in [6.45, 7) is 6.05. The Morgan fingerprint density at radius 1 is 1.18 bits per heavy atom. The molecule has 17 heavy (non-hydrogen) atoms. The molecule has 0 spiro atoms. The summed E-state index contributed by atoms with van der Waals surface area (Å²) in [4.78, 5) is 22.7. The summed E-state index contributed by atoms with van der Waals surface area (Å²) in [6.07, 6.45) is 0. The van der Waals surface area contributed by atoms with Crippen LogP contribution in [0.1, 0.15) is 41.5 Å². The third-order valence-corrected chi connectivity index (χ3v) is 2.01. The molecule has 1 rings (SSSR count). The van der Waals surface area contributed by atoms with Gasteiger partial charge in [0.1, 0.15) is 0 Å². The van der Waals surface area contributed by atoms with Gasteiger partial charge >= 0.3 is 11.9 Å². The molecular weight excluding hydrogens is 220 g/mol. The molecule has 0 aromatic heterocycles. The molecule has 0 saturated heterocycles. The van der Waals surface area contributed by atoms with Crippen LogP contribution in [0, 0.1) is 5.41 Å². The third-order valence-electron chi connectivity index (χ3n) is 2.01. The van der Waals surface area contributed by atoms with Crippen molar-refractivity contribution in [2.24, 2.45) is 5.41 Å². The van der Waals surface area contributed by atoms with E-state index in [4.69, 9.17) is 9.84 Å². The van der Waals surface area contributed by atoms with Crippen molar-refractivity contribution in [3.8, 4) is 0 Å². The monoisotopic (exact) mass is 236 g/mol. The highest BCUT2D eigenvalue weighted by molar-refractivity contribution is 6.02. The second-order valence-electron chi connectivity index (χ2n) is 4.99. The zero-order chi connectivity index (χ0) is 13.1. The summed E-state index contributed by atoms with van der Waals surface area (Å²) in [5.41, 5.74) is -0.0935. The van der Waals surface area contributed by atoms with Crippen LogP contribution in [0.5, 0.6) is 0 Å². The summed E-state index contributed by atoms with van der Waals surface area (Å²) in [5, 5.41) is 8.93. The van der Waals surface area contributed by atoms with Crippen molar-refractivity contribution in [1.82, 2.24) is 0 Å². The minimum Gasteiger partial charge on any atom is -0.478 e. The first-order chi connectivity index (χ1) is 7.81. The molecule has 0 aliphatic heterocycles. The van der Waals surface area contributed by atoms with Crippen LogP contribution in [0.3, 0.4) is 0 Å². The predicted molar refractivity (Wildman–Crippen MR) is 63.1 cm³/mol. The molecule has 0 aliphatic rings. The molecule has 1 N–H and O–H groups in total. The molecule has 0 saturated carbocycles. The van der Waals surface area contributed by atoms with Gasteiger partial charge in [0.05, 0.1) is 17.7 Å². The normalized spacial score (nSPS) is 11.0. The average molecular weight is 236 g/mol. The number of carboxylic acid groups (broad SMARTS) is 1. The number of hydrogen-bond acceptors (Lipinski definition) is 3. The van der Waals surface area contributed by atoms with Crippen LogP contribution >= 0.6 is 0 Å². The molecule has 0 aliphatic carbocycles. The summed E-state index contributed by atoms with van der Waals surface area (Å²) in [5.74, 6) is -1.73. The quantitative estimate of drug-likeness (QED) is 0.819. The Morgan fingerprint density at radius 2 is 1.71 bits per heavy atom. The Morgan fingerprint density at radius 3 is 2.18 bits per heavy atom. The lowest BCUT2D eigenvalue weighted by Gasteiger charge is -2.18. The Balaban J connectivity index is 2.86. The lowest BCUT2D eigenvalue weighted by atomic mass is 9.98. The zero-order valence-electron chi connectivity index (χ0n) is 10.2. The first-order valence-corrected chi connectivity index (χ1v) is 5.31. The van der Waals surface area contributed by atoms with Crippen molar-refractivity contribution >= 4 is 11.9 Å². The SMILES string of the molecule is CC(C)(C)COC(=O)c1ccccc1C(=O)O. The molecule has 0 atom stereocenters. The summed E-state index contributed by atoms with van der Waals surface area (Å²) in [7, 11) is 0. The van der Waals surface area contributed by atoms with Crippen LogP contribution in [0.15, 0.2) is 24.3 Å². The Kier molecular flexibility index (Phi) is 3.89. The standard InChI is InChI=1S/C13H16O4/c1-13(2,3)8-17-12(16)10-7-5-4-6-9(10)11(14)15/h4-7H,8H2,1-3H3,(H,14,15). The fourth-order valence-corrected chi connectivity index (χ4v) is 1.21. The summed E-state index contributed by atoms with van der Waals surface area (Å²) < 4.78 is 5.08. The second kappa shape index (κ2) is 4.99. The maximum absolute atomic E-state index is 11.7. The maximum atomic E-state index is 11.7. The van der Waals surface area contributed by atoms with E-state index in [9.17, 15) is 9.59 Å². The van der Waals surface area contributed by atoms with Gasteiger partial charge in [0, 0.05) is 0 Å². The highest BCUT2D eigenvalue weighted by Gasteiger charge is 2.19.